The minimum Gasteiger partial charge on any atom is -0.454 e. The zero-order valence-electron chi connectivity index (χ0n) is 12.8. The summed E-state index contributed by atoms with van der Waals surface area (Å²) in [6.07, 6.45) is 2.73. The van der Waals surface area contributed by atoms with Crippen molar-refractivity contribution in [3.63, 3.8) is 0 Å². The molecule has 0 aromatic heterocycles. The summed E-state index contributed by atoms with van der Waals surface area (Å²) in [4.78, 5) is 2.00. The Morgan fingerprint density at radius 3 is 3.04 bits per heavy atom. The van der Waals surface area contributed by atoms with E-state index in [1.165, 1.54) is 0 Å². The van der Waals surface area contributed by atoms with Gasteiger partial charge in [0.05, 0.1) is 18.6 Å². The molecule has 2 aliphatic heterocycles. The number of ether oxygens (including phenoxy) is 3. The van der Waals surface area contributed by atoms with E-state index < -0.39 is 0 Å². The molecule has 0 bridgehead atoms. The number of hydrogen-bond acceptors (Lipinski definition) is 5. The maximum Gasteiger partial charge on any atom is 0.231 e. The lowest BCUT2D eigenvalue weighted by molar-refractivity contribution is 0.0922. The van der Waals surface area contributed by atoms with Gasteiger partial charge in [-0.25, -0.2) is 0 Å². The van der Waals surface area contributed by atoms with Crippen molar-refractivity contribution >= 4 is 23.0 Å². The lowest BCUT2D eigenvalue weighted by Crippen LogP contribution is -2.40. The van der Waals surface area contributed by atoms with Gasteiger partial charge in [0.25, 0.3) is 0 Å². The molecule has 3 rings (SSSR count). The number of anilines is 1. The van der Waals surface area contributed by atoms with Crippen molar-refractivity contribution < 1.29 is 14.2 Å². The van der Waals surface area contributed by atoms with Crippen LogP contribution in [0.15, 0.2) is 18.2 Å². The van der Waals surface area contributed by atoms with Gasteiger partial charge in [0.2, 0.25) is 6.79 Å². The smallest absolute Gasteiger partial charge is 0.231 e. The molecule has 1 N–H and O–H groups in total. The van der Waals surface area contributed by atoms with E-state index in [1.54, 1.807) is 0 Å². The molecular weight excluding hydrogens is 314 g/mol. The first-order chi connectivity index (χ1) is 11.3. The van der Waals surface area contributed by atoms with Crippen LogP contribution in [0.1, 0.15) is 19.3 Å². The molecule has 23 heavy (non-hydrogen) atoms. The van der Waals surface area contributed by atoms with E-state index in [1.807, 2.05) is 23.1 Å². The molecule has 2 aliphatic rings. The van der Waals surface area contributed by atoms with Crippen molar-refractivity contribution in [1.29, 1.82) is 5.26 Å². The third kappa shape index (κ3) is 4.03. The Morgan fingerprint density at radius 1 is 1.39 bits per heavy atom. The minimum absolute atomic E-state index is 0.185. The van der Waals surface area contributed by atoms with Crippen molar-refractivity contribution in [3.8, 4) is 17.6 Å². The molecule has 1 atom stereocenters. The standard InChI is InChI=1S/C16H19N3O3S/c17-6-2-7-19(10-13-3-1-8-20-13)16(23)18-12-4-5-14-15(9-12)22-11-21-14/h4-5,9,13H,1-3,7-8,10-11H2,(H,18,23). The van der Waals surface area contributed by atoms with E-state index in [2.05, 4.69) is 11.4 Å². The Kier molecular flexibility index (Phi) is 5.16. The molecule has 1 saturated heterocycles. The fourth-order valence-electron chi connectivity index (χ4n) is 2.67. The molecule has 1 aromatic carbocycles. The minimum atomic E-state index is 0.185. The number of nitrogens with one attached hydrogen (secondary N) is 1. The molecule has 1 unspecified atom stereocenters. The van der Waals surface area contributed by atoms with E-state index >= 15 is 0 Å². The number of nitriles is 1. The lowest BCUT2D eigenvalue weighted by Gasteiger charge is -2.27. The second-order valence-corrected chi connectivity index (χ2v) is 5.87. The Hall–Kier alpha value is -2.04. The molecule has 0 spiro atoms. The average molecular weight is 333 g/mol. The first-order valence-electron chi connectivity index (χ1n) is 7.70. The summed E-state index contributed by atoms with van der Waals surface area (Å²) in [5.74, 6) is 1.45. The van der Waals surface area contributed by atoms with Crippen molar-refractivity contribution in [2.75, 3.05) is 31.8 Å². The highest BCUT2D eigenvalue weighted by Crippen LogP contribution is 2.34. The van der Waals surface area contributed by atoms with E-state index in [-0.39, 0.29) is 12.9 Å². The van der Waals surface area contributed by atoms with Crippen molar-refractivity contribution in [1.82, 2.24) is 4.90 Å². The van der Waals surface area contributed by atoms with Gasteiger partial charge in [-0.05, 0) is 37.2 Å². The molecule has 0 aliphatic carbocycles. The summed E-state index contributed by atoms with van der Waals surface area (Å²) in [6.45, 7) is 2.35. The van der Waals surface area contributed by atoms with Gasteiger partial charge in [-0.15, -0.1) is 0 Å². The zero-order valence-corrected chi connectivity index (χ0v) is 13.6. The molecule has 122 valence electrons. The van der Waals surface area contributed by atoms with E-state index in [9.17, 15) is 0 Å². The molecule has 0 amide bonds. The van der Waals surface area contributed by atoms with Crippen LogP contribution in [0.25, 0.3) is 0 Å². The highest BCUT2D eigenvalue weighted by Gasteiger charge is 2.21. The van der Waals surface area contributed by atoms with Crippen LogP contribution in [0.3, 0.4) is 0 Å². The van der Waals surface area contributed by atoms with E-state index in [4.69, 9.17) is 31.7 Å². The fraction of sp³-hybridized carbons (Fsp3) is 0.500. The molecule has 0 saturated carbocycles. The van der Waals surface area contributed by atoms with Gasteiger partial charge >= 0.3 is 0 Å². The molecule has 1 fully saturated rings. The van der Waals surface area contributed by atoms with Gasteiger partial charge in [-0.1, -0.05) is 0 Å². The highest BCUT2D eigenvalue weighted by molar-refractivity contribution is 7.80. The van der Waals surface area contributed by atoms with Gasteiger partial charge in [-0.3, -0.25) is 0 Å². The zero-order chi connectivity index (χ0) is 16.1. The normalized spacial score (nSPS) is 18.5. The molecule has 2 heterocycles. The molecule has 6 nitrogen and oxygen atoms in total. The summed E-state index contributed by atoms with van der Waals surface area (Å²) in [6, 6.07) is 7.78. The van der Waals surface area contributed by atoms with Crippen LogP contribution in [0.2, 0.25) is 0 Å². The summed E-state index contributed by atoms with van der Waals surface area (Å²) in [5.41, 5.74) is 0.841. The lowest BCUT2D eigenvalue weighted by atomic mass is 10.2. The molecule has 1 aromatic rings. The molecular formula is C16H19N3O3S. The second kappa shape index (κ2) is 7.49. The predicted molar refractivity (Wildman–Crippen MR) is 89.6 cm³/mol. The second-order valence-electron chi connectivity index (χ2n) is 5.49. The average Bonchev–Trinajstić information content (AvgIpc) is 3.22. The number of hydrogen-bond donors (Lipinski definition) is 1. The van der Waals surface area contributed by atoms with Gasteiger partial charge in [0.1, 0.15) is 0 Å². The predicted octanol–water partition coefficient (Wildman–Crippen LogP) is 2.51. The van der Waals surface area contributed by atoms with Crippen LogP contribution in [0, 0.1) is 11.3 Å². The number of benzene rings is 1. The Morgan fingerprint density at radius 2 is 2.26 bits per heavy atom. The summed E-state index contributed by atoms with van der Waals surface area (Å²) in [5, 5.41) is 12.7. The van der Waals surface area contributed by atoms with Gasteiger partial charge in [0, 0.05) is 31.5 Å². The van der Waals surface area contributed by atoms with E-state index in [0.717, 1.165) is 30.9 Å². The quantitative estimate of drug-likeness (QED) is 0.830. The van der Waals surface area contributed by atoms with Gasteiger partial charge < -0.3 is 24.4 Å². The first kappa shape index (κ1) is 15.8. The maximum absolute atomic E-state index is 8.85. The summed E-state index contributed by atoms with van der Waals surface area (Å²) in [7, 11) is 0. The van der Waals surface area contributed by atoms with Crippen LogP contribution >= 0.6 is 12.2 Å². The van der Waals surface area contributed by atoms with Crippen molar-refractivity contribution in [2.24, 2.45) is 0 Å². The Labute approximate surface area is 140 Å². The molecule has 7 heteroatoms. The topological polar surface area (TPSA) is 66.8 Å². The number of fused-ring (bicyclic) bond motifs is 1. The van der Waals surface area contributed by atoms with E-state index in [0.29, 0.717) is 30.4 Å². The van der Waals surface area contributed by atoms with Gasteiger partial charge in [-0.2, -0.15) is 5.26 Å². The Balaban J connectivity index is 1.63. The third-order valence-electron chi connectivity index (χ3n) is 3.85. The van der Waals surface area contributed by atoms with Crippen LogP contribution in [-0.4, -0.2) is 42.6 Å². The SMILES string of the molecule is N#CCCN(CC1CCCO1)C(=S)Nc1ccc2c(c1)OCO2. The van der Waals surface area contributed by atoms with Crippen molar-refractivity contribution in [2.45, 2.75) is 25.4 Å². The van der Waals surface area contributed by atoms with Crippen LogP contribution in [-0.2, 0) is 4.74 Å². The van der Waals surface area contributed by atoms with Gasteiger partial charge in [0.15, 0.2) is 16.6 Å². The molecule has 0 radical (unpaired) electrons. The third-order valence-corrected chi connectivity index (χ3v) is 4.21. The summed E-state index contributed by atoms with van der Waals surface area (Å²) < 4.78 is 16.3. The van der Waals surface area contributed by atoms with Crippen LogP contribution < -0.4 is 14.8 Å². The Bertz CT molecular complexity index is 611. The first-order valence-corrected chi connectivity index (χ1v) is 8.11. The monoisotopic (exact) mass is 333 g/mol. The largest absolute Gasteiger partial charge is 0.454 e. The van der Waals surface area contributed by atoms with Crippen LogP contribution in [0.4, 0.5) is 5.69 Å². The highest BCUT2D eigenvalue weighted by atomic mass is 32.1. The number of thiocarbonyl (C=S) groups is 1. The fourth-order valence-corrected chi connectivity index (χ4v) is 2.96. The summed E-state index contributed by atoms with van der Waals surface area (Å²) >= 11 is 5.51. The number of rotatable bonds is 5. The maximum atomic E-state index is 8.85. The van der Waals surface area contributed by atoms with Crippen LogP contribution in [0.5, 0.6) is 11.5 Å². The van der Waals surface area contributed by atoms with Crippen molar-refractivity contribution in [3.05, 3.63) is 18.2 Å². The number of nitrogens with zero attached hydrogens (tertiary/aromatic N) is 2.